The first-order chi connectivity index (χ1) is 13.6. The smallest absolute Gasteiger partial charge is 0.268 e. The van der Waals surface area contributed by atoms with E-state index in [1.807, 2.05) is 0 Å². The number of anilines is 1. The van der Waals surface area contributed by atoms with Crippen LogP contribution >= 0.6 is 23.2 Å². The molecule has 3 heterocycles. The van der Waals surface area contributed by atoms with Crippen LogP contribution in [-0.2, 0) is 9.59 Å². The number of furan rings is 1. The quantitative estimate of drug-likeness (QED) is 0.609. The van der Waals surface area contributed by atoms with Crippen molar-refractivity contribution >= 4 is 46.7 Å². The van der Waals surface area contributed by atoms with E-state index in [1.54, 1.807) is 36.4 Å². The van der Waals surface area contributed by atoms with Crippen LogP contribution in [0.15, 0.2) is 63.8 Å². The van der Waals surface area contributed by atoms with Crippen molar-refractivity contribution in [1.82, 2.24) is 9.55 Å². The highest BCUT2D eigenvalue weighted by Gasteiger charge is 2.38. The molecule has 0 radical (unpaired) electrons. The van der Waals surface area contributed by atoms with Gasteiger partial charge in [-0.1, -0.05) is 23.2 Å². The number of carbonyl (C=O) groups is 2. The molecule has 1 aliphatic heterocycles. The maximum atomic E-state index is 13.1. The van der Waals surface area contributed by atoms with E-state index in [1.165, 1.54) is 17.2 Å². The van der Waals surface area contributed by atoms with Gasteiger partial charge in [0.05, 0.1) is 17.0 Å². The van der Waals surface area contributed by atoms with Gasteiger partial charge in [0.2, 0.25) is 6.41 Å². The Morgan fingerprint density at radius 2 is 1.86 bits per heavy atom. The molecule has 140 valence electrons. The van der Waals surface area contributed by atoms with Gasteiger partial charge < -0.3 is 4.42 Å². The fraction of sp³-hybridized carbons (Fsp3) is 0.0526. The van der Waals surface area contributed by atoms with Gasteiger partial charge in [0.1, 0.15) is 30.0 Å². The monoisotopic (exact) mass is 415 g/mol. The van der Waals surface area contributed by atoms with Crippen LogP contribution in [0.4, 0.5) is 5.82 Å². The summed E-state index contributed by atoms with van der Waals surface area (Å²) in [6.45, 7) is 0. The van der Waals surface area contributed by atoms with Crippen LogP contribution in [0.2, 0.25) is 5.02 Å². The molecule has 1 aliphatic rings. The molecule has 4 rings (SSSR count). The van der Waals surface area contributed by atoms with Crippen molar-refractivity contribution in [1.29, 1.82) is 0 Å². The summed E-state index contributed by atoms with van der Waals surface area (Å²) in [5.74, 6) is 0.365. The third-order valence-corrected chi connectivity index (χ3v) is 5.06. The SMILES string of the molecule is O=CC1=C(Cl)c2c(ncn(-c3ccc(Cl)cc3)c2=O)N(C=O)C1c1ccco1. The lowest BCUT2D eigenvalue weighted by molar-refractivity contribution is -0.108. The second-order valence-electron chi connectivity index (χ2n) is 5.91. The highest BCUT2D eigenvalue weighted by atomic mass is 35.5. The van der Waals surface area contributed by atoms with Crippen molar-refractivity contribution in [2.75, 3.05) is 4.90 Å². The van der Waals surface area contributed by atoms with Gasteiger partial charge in [0, 0.05) is 10.6 Å². The summed E-state index contributed by atoms with van der Waals surface area (Å²) in [5, 5.41) is 0.433. The lowest BCUT2D eigenvalue weighted by atomic mass is 9.97. The molecule has 3 aromatic rings. The van der Waals surface area contributed by atoms with Gasteiger partial charge in [-0.05, 0) is 36.4 Å². The molecule has 0 aliphatic carbocycles. The Balaban J connectivity index is 1.97. The predicted molar refractivity (Wildman–Crippen MR) is 104 cm³/mol. The average molecular weight is 416 g/mol. The Morgan fingerprint density at radius 1 is 1.11 bits per heavy atom. The largest absolute Gasteiger partial charge is 0.467 e. The second kappa shape index (κ2) is 7.10. The van der Waals surface area contributed by atoms with Crippen molar-refractivity contribution in [3.63, 3.8) is 0 Å². The van der Waals surface area contributed by atoms with Gasteiger partial charge in [0.15, 0.2) is 5.82 Å². The van der Waals surface area contributed by atoms with Crippen LogP contribution in [0.25, 0.3) is 10.7 Å². The Morgan fingerprint density at radius 3 is 2.46 bits per heavy atom. The van der Waals surface area contributed by atoms with Gasteiger partial charge in [-0.3, -0.25) is 23.9 Å². The van der Waals surface area contributed by atoms with Crippen LogP contribution in [0.5, 0.6) is 0 Å². The molecule has 0 saturated heterocycles. The van der Waals surface area contributed by atoms with E-state index in [2.05, 4.69) is 4.98 Å². The van der Waals surface area contributed by atoms with Gasteiger partial charge >= 0.3 is 0 Å². The highest BCUT2D eigenvalue weighted by molar-refractivity contribution is 6.51. The van der Waals surface area contributed by atoms with Crippen LogP contribution in [0, 0.1) is 0 Å². The second-order valence-corrected chi connectivity index (χ2v) is 6.73. The summed E-state index contributed by atoms with van der Waals surface area (Å²) in [5.41, 5.74) is -0.0332. The van der Waals surface area contributed by atoms with Gasteiger partial charge in [-0.15, -0.1) is 0 Å². The predicted octanol–water partition coefficient (Wildman–Crippen LogP) is 3.35. The van der Waals surface area contributed by atoms with Gasteiger partial charge in [-0.25, -0.2) is 4.98 Å². The Bertz CT molecular complexity index is 1150. The third-order valence-electron chi connectivity index (χ3n) is 4.40. The zero-order valence-electron chi connectivity index (χ0n) is 14.1. The summed E-state index contributed by atoms with van der Waals surface area (Å²) < 4.78 is 6.62. The molecule has 0 saturated carbocycles. The van der Waals surface area contributed by atoms with Gasteiger partial charge in [-0.2, -0.15) is 0 Å². The maximum Gasteiger partial charge on any atom is 0.268 e. The van der Waals surface area contributed by atoms with Crippen LogP contribution < -0.4 is 10.5 Å². The van der Waals surface area contributed by atoms with Crippen molar-refractivity contribution in [3.8, 4) is 5.69 Å². The van der Waals surface area contributed by atoms with E-state index in [0.717, 1.165) is 4.90 Å². The van der Waals surface area contributed by atoms with E-state index in [0.29, 0.717) is 29.2 Å². The number of aldehydes is 1. The van der Waals surface area contributed by atoms with Crippen molar-refractivity contribution in [3.05, 3.63) is 81.3 Å². The van der Waals surface area contributed by atoms with Crippen molar-refractivity contribution < 1.29 is 14.0 Å². The molecule has 0 spiro atoms. The normalized spacial score (nSPS) is 16.1. The molecule has 9 heteroatoms. The summed E-state index contributed by atoms with van der Waals surface area (Å²) in [6, 6.07) is 8.85. The van der Waals surface area contributed by atoms with Crippen molar-refractivity contribution in [2.24, 2.45) is 0 Å². The first-order valence-electron chi connectivity index (χ1n) is 8.06. The van der Waals surface area contributed by atoms with Crippen LogP contribution in [0.1, 0.15) is 17.4 Å². The number of benzene rings is 1. The molecule has 1 atom stereocenters. The minimum absolute atomic E-state index is 0.0315. The van der Waals surface area contributed by atoms with E-state index < -0.39 is 11.6 Å². The number of hydrogen-bond donors (Lipinski definition) is 0. The summed E-state index contributed by atoms with van der Waals surface area (Å²) in [4.78, 5) is 42.1. The number of carbonyl (C=O) groups excluding carboxylic acids is 2. The van der Waals surface area contributed by atoms with Crippen LogP contribution in [-0.4, -0.2) is 22.2 Å². The molecule has 0 N–H and O–H groups in total. The molecular formula is C19H11Cl2N3O4. The minimum Gasteiger partial charge on any atom is -0.467 e. The summed E-state index contributed by atoms with van der Waals surface area (Å²) in [6.07, 6.45) is 3.69. The number of nitrogens with zero attached hydrogens (tertiary/aromatic N) is 3. The van der Waals surface area contributed by atoms with Crippen LogP contribution in [0.3, 0.4) is 0 Å². The number of aromatic nitrogens is 2. The van der Waals surface area contributed by atoms with E-state index in [9.17, 15) is 14.4 Å². The molecule has 7 nitrogen and oxygen atoms in total. The Hall–Kier alpha value is -3.16. The summed E-state index contributed by atoms with van der Waals surface area (Å²) in [7, 11) is 0. The molecule has 1 unspecified atom stereocenters. The molecular weight excluding hydrogens is 405 g/mol. The Labute approximate surface area is 168 Å². The fourth-order valence-corrected chi connectivity index (χ4v) is 3.56. The summed E-state index contributed by atoms with van der Waals surface area (Å²) >= 11 is 12.3. The minimum atomic E-state index is -0.914. The van der Waals surface area contributed by atoms with Crippen molar-refractivity contribution in [2.45, 2.75) is 6.04 Å². The fourth-order valence-electron chi connectivity index (χ4n) is 3.12. The lowest BCUT2D eigenvalue weighted by Gasteiger charge is -2.32. The highest BCUT2D eigenvalue weighted by Crippen LogP contribution is 2.42. The average Bonchev–Trinajstić information content (AvgIpc) is 3.23. The van der Waals surface area contributed by atoms with E-state index in [-0.39, 0.29) is 22.0 Å². The zero-order chi connectivity index (χ0) is 19.8. The number of rotatable bonds is 4. The molecule has 28 heavy (non-hydrogen) atoms. The molecule has 2 aromatic heterocycles. The number of hydrogen-bond acceptors (Lipinski definition) is 5. The topological polar surface area (TPSA) is 85.4 Å². The Kier molecular flexibility index (Phi) is 4.62. The number of halogens is 2. The molecule has 1 aromatic carbocycles. The maximum absolute atomic E-state index is 13.1. The standard InChI is InChI=1S/C19H11Cl2N3O4/c20-11-3-5-12(6-4-11)23-9-22-18-15(19(23)27)16(21)13(8-25)17(24(18)10-26)14-2-1-7-28-14/h1-10,17H. The van der Waals surface area contributed by atoms with E-state index in [4.69, 9.17) is 27.6 Å². The lowest BCUT2D eigenvalue weighted by Crippen LogP contribution is -2.37. The molecule has 0 bridgehead atoms. The first-order valence-corrected chi connectivity index (χ1v) is 8.82. The first kappa shape index (κ1) is 18.2. The van der Waals surface area contributed by atoms with Gasteiger partial charge in [0.25, 0.3) is 5.56 Å². The number of amides is 1. The molecule has 1 amide bonds. The van der Waals surface area contributed by atoms with E-state index >= 15 is 0 Å². The zero-order valence-corrected chi connectivity index (χ0v) is 15.6. The number of fused-ring (bicyclic) bond motifs is 1. The third kappa shape index (κ3) is 2.76. The molecule has 0 fully saturated rings.